The second kappa shape index (κ2) is 8.94. The van der Waals surface area contributed by atoms with Crippen molar-refractivity contribution in [1.82, 2.24) is 15.8 Å². The summed E-state index contributed by atoms with van der Waals surface area (Å²) in [7, 11) is 0. The molecule has 2 rings (SSSR count). The van der Waals surface area contributed by atoms with Gasteiger partial charge in [0.05, 0.1) is 0 Å². The molecule has 1 heterocycles. The van der Waals surface area contributed by atoms with E-state index in [4.69, 9.17) is 11.6 Å². The van der Waals surface area contributed by atoms with Gasteiger partial charge in [0.2, 0.25) is 5.91 Å². The Balaban J connectivity index is 1.74. The first-order valence-electron chi connectivity index (χ1n) is 8.00. The number of nitrogens with one attached hydrogen (secondary N) is 2. The normalized spacial score (nSPS) is 15.2. The van der Waals surface area contributed by atoms with Crippen LogP contribution in [0.4, 0.5) is 18.0 Å². The maximum absolute atomic E-state index is 12.1. The van der Waals surface area contributed by atoms with E-state index in [2.05, 4.69) is 15.6 Å². The molecule has 11 heteroatoms. The number of nitrogens with zero attached hydrogens (tertiary/aromatic N) is 1. The predicted octanol–water partition coefficient (Wildman–Crippen LogP) is 2.51. The molecule has 0 radical (unpaired) electrons. The summed E-state index contributed by atoms with van der Waals surface area (Å²) in [6.07, 6.45) is -5.19. The van der Waals surface area contributed by atoms with Gasteiger partial charge >= 0.3 is 12.3 Å². The zero-order valence-corrected chi connectivity index (χ0v) is 14.8. The van der Waals surface area contributed by atoms with Crippen molar-refractivity contribution in [2.75, 3.05) is 19.7 Å². The first-order chi connectivity index (χ1) is 12.7. The largest absolute Gasteiger partial charge is 0.440 e. The van der Waals surface area contributed by atoms with Crippen molar-refractivity contribution in [2.24, 2.45) is 5.92 Å². The number of amides is 3. The molecular formula is C16H17ClF3N3O4. The molecule has 1 fully saturated rings. The predicted molar refractivity (Wildman–Crippen MR) is 88.8 cm³/mol. The highest BCUT2D eigenvalue weighted by molar-refractivity contribution is 6.30. The summed E-state index contributed by atoms with van der Waals surface area (Å²) >= 11 is 5.79. The molecule has 1 saturated heterocycles. The monoisotopic (exact) mass is 407 g/mol. The third kappa shape index (κ3) is 6.63. The van der Waals surface area contributed by atoms with Gasteiger partial charge in [0, 0.05) is 29.6 Å². The number of benzene rings is 1. The van der Waals surface area contributed by atoms with Gasteiger partial charge in [0.15, 0.2) is 6.61 Å². The highest BCUT2D eigenvalue weighted by atomic mass is 35.5. The van der Waals surface area contributed by atoms with Gasteiger partial charge in [-0.15, -0.1) is 0 Å². The van der Waals surface area contributed by atoms with Gasteiger partial charge in [0.25, 0.3) is 5.91 Å². The van der Waals surface area contributed by atoms with Crippen LogP contribution in [0.2, 0.25) is 5.02 Å². The fourth-order valence-electron chi connectivity index (χ4n) is 2.48. The summed E-state index contributed by atoms with van der Waals surface area (Å²) in [5.74, 6) is -1.48. The van der Waals surface area contributed by atoms with Crippen molar-refractivity contribution >= 4 is 29.5 Å². The number of alkyl halides is 3. The number of ether oxygens (including phenoxy) is 1. The van der Waals surface area contributed by atoms with Crippen molar-refractivity contribution < 1.29 is 32.3 Å². The number of rotatable bonds is 3. The topological polar surface area (TPSA) is 87.7 Å². The van der Waals surface area contributed by atoms with Crippen molar-refractivity contribution in [1.29, 1.82) is 0 Å². The van der Waals surface area contributed by atoms with Crippen molar-refractivity contribution in [3.8, 4) is 0 Å². The Kier molecular flexibility index (Phi) is 6.89. The molecule has 1 aliphatic heterocycles. The number of hydrogen-bond acceptors (Lipinski definition) is 4. The van der Waals surface area contributed by atoms with E-state index in [1.54, 1.807) is 12.1 Å². The minimum atomic E-state index is -4.59. The molecule has 3 amide bonds. The molecule has 148 valence electrons. The lowest BCUT2D eigenvalue weighted by atomic mass is 9.96. The summed E-state index contributed by atoms with van der Waals surface area (Å²) in [5, 5.41) is 0.374. The summed E-state index contributed by atoms with van der Waals surface area (Å²) in [6, 6.07) is 6.16. The molecule has 27 heavy (non-hydrogen) atoms. The van der Waals surface area contributed by atoms with Crippen LogP contribution in [0.1, 0.15) is 23.2 Å². The minimum absolute atomic E-state index is 0.0804. The van der Waals surface area contributed by atoms with Gasteiger partial charge in [-0.25, -0.2) is 4.79 Å². The van der Waals surface area contributed by atoms with Crippen molar-refractivity contribution in [3.05, 3.63) is 34.9 Å². The first kappa shape index (κ1) is 20.8. The maximum Gasteiger partial charge on any atom is 0.422 e. The van der Waals surface area contributed by atoms with Gasteiger partial charge < -0.3 is 9.64 Å². The van der Waals surface area contributed by atoms with Gasteiger partial charge in [-0.05, 0) is 31.0 Å². The minimum Gasteiger partial charge on any atom is -0.440 e. The molecule has 0 spiro atoms. The van der Waals surface area contributed by atoms with Gasteiger partial charge in [0.1, 0.15) is 0 Å². The van der Waals surface area contributed by atoms with Crippen molar-refractivity contribution in [2.45, 2.75) is 19.0 Å². The molecule has 0 unspecified atom stereocenters. The van der Waals surface area contributed by atoms with E-state index in [1.165, 1.54) is 12.1 Å². The third-order valence-electron chi connectivity index (χ3n) is 3.87. The Morgan fingerprint density at radius 3 is 2.44 bits per heavy atom. The molecule has 7 nitrogen and oxygen atoms in total. The van der Waals surface area contributed by atoms with Crippen LogP contribution in [-0.4, -0.2) is 48.7 Å². The van der Waals surface area contributed by atoms with Crippen LogP contribution in [0.3, 0.4) is 0 Å². The Morgan fingerprint density at radius 1 is 1.19 bits per heavy atom. The van der Waals surface area contributed by atoms with E-state index in [9.17, 15) is 27.6 Å². The number of carbonyl (C=O) groups excluding carboxylic acids is 3. The molecule has 0 aromatic heterocycles. The zero-order chi connectivity index (χ0) is 20.0. The maximum atomic E-state index is 12.1. The van der Waals surface area contributed by atoms with E-state index in [0.717, 1.165) is 4.90 Å². The van der Waals surface area contributed by atoms with Crippen LogP contribution in [0.5, 0.6) is 0 Å². The lowest BCUT2D eigenvalue weighted by molar-refractivity contribution is -0.162. The third-order valence-corrected chi connectivity index (χ3v) is 4.10. The van der Waals surface area contributed by atoms with E-state index < -0.39 is 36.6 Å². The lowest BCUT2D eigenvalue weighted by Crippen LogP contribution is -2.48. The van der Waals surface area contributed by atoms with Crippen LogP contribution in [0, 0.1) is 5.92 Å². The molecule has 0 atom stereocenters. The summed E-state index contributed by atoms with van der Waals surface area (Å²) in [6.45, 7) is -1.49. The summed E-state index contributed by atoms with van der Waals surface area (Å²) in [4.78, 5) is 36.7. The molecule has 0 bridgehead atoms. The lowest BCUT2D eigenvalue weighted by Gasteiger charge is -2.30. The van der Waals surface area contributed by atoms with E-state index in [-0.39, 0.29) is 31.5 Å². The molecule has 2 N–H and O–H groups in total. The molecule has 0 aliphatic carbocycles. The van der Waals surface area contributed by atoms with Gasteiger partial charge in [-0.1, -0.05) is 17.7 Å². The highest BCUT2D eigenvalue weighted by Gasteiger charge is 2.33. The Labute approximate surface area is 157 Å². The fourth-order valence-corrected chi connectivity index (χ4v) is 2.67. The quantitative estimate of drug-likeness (QED) is 0.754. The second-order valence-electron chi connectivity index (χ2n) is 5.88. The first-order valence-corrected chi connectivity index (χ1v) is 8.38. The number of likely N-dealkylation sites (tertiary alicyclic amines) is 1. The SMILES string of the molecule is O=C(NNC(=O)C1CCN(C(=O)OCC(F)(F)F)CC1)c1cccc(Cl)c1. The Morgan fingerprint density at radius 2 is 1.85 bits per heavy atom. The molecule has 1 aliphatic rings. The van der Waals surface area contributed by atoms with Crippen LogP contribution >= 0.6 is 11.6 Å². The number of piperidine rings is 1. The molecule has 1 aromatic rings. The zero-order valence-electron chi connectivity index (χ0n) is 14.0. The van der Waals surface area contributed by atoms with Crippen LogP contribution < -0.4 is 10.9 Å². The summed E-state index contributed by atoms with van der Waals surface area (Å²) < 4.78 is 40.3. The number of carbonyl (C=O) groups is 3. The van der Waals surface area contributed by atoms with Crippen LogP contribution in [0.25, 0.3) is 0 Å². The van der Waals surface area contributed by atoms with Crippen LogP contribution in [-0.2, 0) is 9.53 Å². The summed E-state index contributed by atoms with van der Waals surface area (Å²) in [5.41, 5.74) is 4.83. The smallest absolute Gasteiger partial charge is 0.422 e. The average molecular weight is 408 g/mol. The van der Waals surface area contributed by atoms with Gasteiger partial charge in [-0.3, -0.25) is 20.4 Å². The molecule has 0 saturated carbocycles. The molecule has 1 aromatic carbocycles. The number of hydrazine groups is 1. The average Bonchev–Trinajstić information content (AvgIpc) is 2.63. The fraction of sp³-hybridized carbons (Fsp3) is 0.438. The Bertz CT molecular complexity index is 706. The number of hydrogen-bond donors (Lipinski definition) is 2. The molecular weight excluding hydrogens is 391 g/mol. The van der Waals surface area contributed by atoms with E-state index in [1.807, 2.05) is 0 Å². The Hall–Kier alpha value is -2.49. The van der Waals surface area contributed by atoms with E-state index in [0.29, 0.717) is 5.02 Å². The van der Waals surface area contributed by atoms with Crippen molar-refractivity contribution in [3.63, 3.8) is 0 Å². The second-order valence-corrected chi connectivity index (χ2v) is 6.32. The van der Waals surface area contributed by atoms with Gasteiger partial charge in [-0.2, -0.15) is 13.2 Å². The van der Waals surface area contributed by atoms with E-state index >= 15 is 0 Å². The standard InChI is InChI=1S/C16H17ClF3N3O4/c17-12-3-1-2-11(8-12)14(25)22-21-13(24)10-4-6-23(7-5-10)15(26)27-9-16(18,19)20/h1-3,8,10H,4-7,9H2,(H,21,24)(H,22,25). The highest BCUT2D eigenvalue weighted by Crippen LogP contribution is 2.20. The van der Waals surface area contributed by atoms with Crippen LogP contribution in [0.15, 0.2) is 24.3 Å². The number of halogens is 4.